The Kier molecular flexibility index (Phi) is 4.77. The van der Waals surface area contributed by atoms with E-state index >= 15 is 0 Å². The Labute approximate surface area is 125 Å². The lowest BCUT2D eigenvalue weighted by molar-refractivity contribution is -0.137. The molecule has 0 unspecified atom stereocenters. The number of hydrogen-bond acceptors (Lipinski definition) is 3. The van der Waals surface area contributed by atoms with Gasteiger partial charge in [-0.3, -0.25) is 9.78 Å². The number of nitrogens with two attached hydrogens (primary N) is 1. The van der Waals surface area contributed by atoms with Gasteiger partial charge in [-0.1, -0.05) is 12.1 Å². The Bertz CT molecular complexity index is 637. The molecule has 0 saturated carbocycles. The highest BCUT2D eigenvalue weighted by Gasteiger charge is 2.30. The average molecular weight is 309 g/mol. The van der Waals surface area contributed by atoms with Gasteiger partial charge in [-0.25, -0.2) is 0 Å². The zero-order chi connectivity index (χ0) is 16.2. The summed E-state index contributed by atoms with van der Waals surface area (Å²) in [7, 11) is 0. The summed E-state index contributed by atoms with van der Waals surface area (Å²) in [6.45, 7) is 0.845. The lowest BCUT2D eigenvalue weighted by atomic mass is 10.1. The summed E-state index contributed by atoms with van der Waals surface area (Å²) in [5.41, 5.74) is 6.24. The van der Waals surface area contributed by atoms with E-state index in [4.69, 9.17) is 5.73 Å². The van der Waals surface area contributed by atoms with Crippen molar-refractivity contribution in [1.29, 1.82) is 0 Å². The van der Waals surface area contributed by atoms with Crippen LogP contribution in [0.1, 0.15) is 27.2 Å². The van der Waals surface area contributed by atoms with Crippen LogP contribution >= 0.6 is 0 Å². The van der Waals surface area contributed by atoms with Crippen LogP contribution in [0.5, 0.6) is 0 Å². The lowest BCUT2D eigenvalue weighted by Crippen LogP contribution is -2.15. The molecule has 1 aromatic carbocycles. The first-order valence-electron chi connectivity index (χ1n) is 6.48. The number of rotatable bonds is 5. The molecule has 3 N–H and O–H groups in total. The van der Waals surface area contributed by atoms with Crippen LogP contribution in [0.3, 0.4) is 0 Å². The molecule has 1 amide bonds. The van der Waals surface area contributed by atoms with E-state index in [0.717, 1.165) is 17.8 Å². The second-order valence-electron chi connectivity index (χ2n) is 4.70. The number of carbonyl (C=O) groups is 1. The van der Waals surface area contributed by atoms with Crippen molar-refractivity contribution < 1.29 is 18.0 Å². The minimum atomic E-state index is -4.37. The van der Waals surface area contributed by atoms with Crippen molar-refractivity contribution in [2.75, 3.05) is 0 Å². The van der Waals surface area contributed by atoms with E-state index in [1.807, 2.05) is 0 Å². The molecule has 0 aliphatic heterocycles. The first-order chi connectivity index (χ1) is 10.4. The Morgan fingerprint density at radius 3 is 2.27 bits per heavy atom. The van der Waals surface area contributed by atoms with Crippen LogP contribution in [-0.4, -0.2) is 10.9 Å². The topological polar surface area (TPSA) is 68.0 Å². The molecule has 4 nitrogen and oxygen atoms in total. The number of amides is 1. The first-order valence-corrected chi connectivity index (χ1v) is 6.48. The fourth-order valence-corrected chi connectivity index (χ4v) is 1.82. The quantitative estimate of drug-likeness (QED) is 0.891. The first kappa shape index (κ1) is 16.0. The van der Waals surface area contributed by atoms with Gasteiger partial charge < -0.3 is 11.1 Å². The maximum Gasteiger partial charge on any atom is 0.417 e. The number of benzene rings is 1. The second-order valence-corrected chi connectivity index (χ2v) is 4.70. The predicted molar refractivity (Wildman–Crippen MR) is 74.7 cm³/mol. The Balaban J connectivity index is 1.87. The van der Waals surface area contributed by atoms with E-state index in [9.17, 15) is 18.0 Å². The average Bonchev–Trinajstić information content (AvgIpc) is 2.47. The fourth-order valence-electron chi connectivity index (χ4n) is 1.82. The number of halogens is 3. The summed E-state index contributed by atoms with van der Waals surface area (Å²) in [5.74, 6) is -0.492. The number of hydrogen-bond donors (Lipinski definition) is 2. The zero-order valence-electron chi connectivity index (χ0n) is 11.5. The van der Waals surface area contributed by atoms with E-state index < -0.39 is 17.6 Å². The van der Waals surface area contributed by atoms with Gasteiger partial charge in [-0.15, -0.1) is 0 Å². The highest BCUT2D eigenvalue weighted by Crippen LogP contribution is 2.28. The molecule has 0 fully saturated rings. The summed E-state index contributed by atoms with van der Waals surface area (Å²) in [6, 6.07) is 9.10. The maximum atomic E-state index is 12.4. The predicted octanol–water partition coefficient (Wildman–Crippen LogP) is 2.49. The van der Waals surface area contributed by atoms with E-state index in [1.54, 1.807) is 24.3 Å². The highest BCUT2D eigenvalue weighted by atomic mass is 19.4. The number of primary amides is 1. The molecule has 2 aromatic rings. The van der Waals surface area contributed by atoms with E-state index in [-0.39, 0.29) is 0 Å². The van der Waals surface area contributed by atoms with Gasteiger partial charge in [-0.05, 0) is 29.8 Å². The smallest absolute Gasteiger partial charge is 0.366 e. The summed E-state index contributed by atoms with van der Waals surface area (Å²) in [4.78, 5) is 14.7. The monoisotopic (exact) mass is 309 g/mol. The van der Waals surface area contributed by atoms with Crippen LogP contribution in [-0.2, 0) is 19.3 Å². The maximum absolute atomic E-state index is 12.4. The van der Waals surface area contributed by atoms with Crippen molar-refractivity contribution in [2.45, 2.75) is 19.3 Å². The molecule has 0 saturated heterocycles. The number of aromatic nitrogens is 1. The van der Waals surface area contributed by atoms with Gasteiger partial charge in [-0.2, -0.15) is 13.2 Å². The minimum absolute atomic E-state index is 0.343. The largest absolute Gasteiger partial charge is 0.417 e. The Morgan fingerprint density at radius 2 is 1.77 bits per heavy atom. The van der Waals surface area contributed by atoms with Crippen LogP contribution in [0.2, 0.25) is 0 Å². The molecule has 0 aliphatic carbocycles. The third kappa shape index (κ3) is 4.29. The summed E-state index contributed by atoms with van der Waals surface area (Å²) in [5, 5.41) is 3.06. The van der Waals surface area contributed by atoms with Crippen LogP contribution in [0.25, 0.3) is 0 Å². The molecular weight excluding hydrogens is 295 g/mol. The van der Waals surface area contributed by atoms with Crippen molar-refractivity contribution in [2.24, 2.45) is 5.73 Å². The minimum Gasteiger partial charge on any atom is -0.366 e. The molecule has 1 heterocycles. The van der Waals surface area contributed by atoms with Gasteiger partial charge in [0.25, 0.3) is 0 Å². The van der Waals surface area contributed by atoms with Gasteiger partial charge in [0.1, 0.15) is 0 Å². The number of alkyl halides is 3. The summed E-state index contributed by atoms with van der Waals surface area (Å²) < 4.78 is 37.2. The normalized spacial score (nSPS) is 11.4. The zero-order valence-corrected chi connectivity index (χ0v) is 11.5. The highest BCUT2D eigenvalue weighted by molar-refractivity contribution is 5.92. The van der Waals surface area contributed by atoms with E-state index in [0.29, 0.717) is 24.3 Å². The van der Waals surface area contributed by atoms with Crippen LogP contribution in [0.15, 0.2) is 42.6 Å². The molecule has 22 heavy (non-hydrogen) atoms. The van der Waals surface area contributed by atoms with Gasteiger partial charge >= 0.3 is 6.18 Å². The van der Waals surface area contributed by atoms with Crippen LogP contribution in [0, 0.1) is 0 Å². The Hall–Kier alpha value is -2.41. The van der Waals surface area contributed by atoms with Crippen molar-refractivity contribution in [3.8, 4) is 0 Å². The standard InChI is InChI=1S/C15H14F3N3O/c16-15(17,18)12-5-6-13(21-8-12)9-20-7-10-1-3-11(4-2-10)14(19)22/h1-6,8,20H,7,9H2,(H2,19,22). The molecule has 0 radical (unpaired) electrons. The third-order valence-electron chi connectivity index (χ3n) is 3.03. The molecule has 1 aromatic heterocycles. The van der Waals surface area contributed by atoms with Gasteiger partial charge in [0.15, 0.2) is 0 Å². The molecule has 116 valence electrons. The lowest BCUT2D eigenvalue weighted by Gasteiger charge is -2.08. The van der Waals surface area contributed by atoms with Crippen molar-refractivity contribution >= 4 is 5.91 Å². The van der Waals surface area contributed by atoms with Crippen molar-refractivity contribution in [3.05, 3.63) is 65.0 Å². The Morgan fingerprint density at radius 1 is 1.09 bits per heavy atom. The number of carbonyl (C=O) groups excluding carboxylic acids is 1. The molecule has 0 aliphatic rings. The molecular formula is C15H14F3N3O. The SMILES string of the molecule is NC(=O)c1ccc(CNCc2ccc(C(F)(F)F)cn2)cc1. The van der Waals surface area contributed by atoms with Crippen molar-refractivity contribution in [3.63, 3.8) is 0 Å². The molecule has 2 rings (SSSR count). The number of nitrogens with one attached hydrogen (secondary N) is 1. The summed E-state index contributed by atoms with van der Waals surface area (Å²) in [6.07, 6.45) is -3.56. The van der Waals surface area contributed by atoms with Gasteiger partial charge in [0.2, 0.25) is 5.91 Å². The van der Waals surface area contributed by atoms with Crippen LogP contribution < -0.4 is 11.1 Å². The van der Waals surface area contributed by atoms with Gasteiger partial charge in [0.05, 0.1) is 11.3 Å². The number of pyridine rings is 1. The number of nitrogens with zero attached hydrogens (tertiary/aromatic N) is 1. The third-order valence-corrected chi connectivity index (χ3v) is 3.03. The van der Waals surface area contributed by atoms with E-state index in [2.05, 4.69) is 10.3 Å². The molecule has 7 heteroatoms. The molecule has 0 bridgehead atoms. The fraction of sp³-hybridized carbons (Fsp3) is 0.200. The van der Waals surface area contributed by atoms with Crippen LogP contribution in [0.4, 0.5) is 13.2 Å². The van der Waals surface area contributed by atoms with E-state index in [1.165, 1.54) is 6.07 Å². The van der Waals surface area contributed by atoms with Gasteiger partial charge in [0, 0.05) is 24.8 Å². The molecule has 0 spiro atoms. The van der Waals surface area contributed by atoms with Crippen molar-refractivity contribution in [1.82, 2.24) is 10.3 Å². The second kappa shape index (κ2) is 6.57. The molecule has 0 atom stereocenters. The summed E-state index contributed by atoms with van der Waals surface area (Å²) >= 11 is 0.